The number of aromatic nitrogens is 2. The molecule has 1 aliphatic rings. The molecule has 0 saturated heterocycles. The lowest BCUT2D eigenvalue weighted by Crippen LogP contribution is -2.42. The summed E-state index contributed by atoms with van der Waals surface area (Å²) in [5, 5.41) is 6.92. The largest absolute Gasteiger partial charge is 0.356 e. The zero-order valence-electron chi connectivity index (χ0n) is 16.5. The molecule has 2 aromatic heterocycles. The number of imidazole rings is 1. The van der Waals surface area contributed by atoms with Gasteiger partial charge >= 0.3 is 0 Å². The van der Waals surface area contributed by atoms with Gasteiger partial charge in [0.1, 0.15) is 5.65 Å². The first-order chi connectivity index (χ1) is 13.2. The number of rotatable bonds is 6. The molecule has 0 aliphatic heterocycles. The first-order valence-electron chi connectivity index (χ1n) is 9.63. The predicted octanol–water partition coefficient (Wildman–Crippen LogP) is 3.70. The molecule has 4 rings (SSSR count). The van der Waals surface area contributed by atoms with Crippen molar-refractivity contribution in [1.82, 2.24) is 20.0 Å². The van der Waals surface area contributed by atoms with Crippen molar-refractivity contribution in [3.63, 3.8) is 0 Å². The van der Waals surface area contributed by atoms with E-state index in [1.807, 2.05) is 13.2 Å². The Labute approximate surface area is 183 Å². The van der Waals surface area contributed by atoms with Crippen molar-refractivity contribution in [2.45, 2.75) is 31.6 Å². The van der Waals surface area contributed by atoms with E-state index in [2.05, 4.69) is 75.6 Å². The number of benzene rings is 1. The van der Waals surface area contributed by atoms with E-state index in [1.165, 1.54) is 24.0 Å². The van der Waals surface area contributed by atoms with Crippen LogP contribution >= 0.6 is 24.0 Å². The lowest BCUT2D eigenvalue weighted by Gasteiger charge is -2.19. The van der Waals surface area contributed by atoms with Gasteiger partial charge in [0.2, 0.25) is 0 Å². The number of guanidine groups is 1. The Morgan fingerprint density at radius 2 is 1.93 bits per heavy atom. The summed E-state index contributed by atoms with van der Waals surface area (Å²) in [6.07, 6.45) is 7.50. The number of fused-ring (bicyclic) bond motifs is 1. The van der Waals surface area contributed by atoms with E-state index in [9.17, 15) is 0 Å². The Bertz CT molecular complexity index is 944. The Morgan fingerprint density at radius 1 is 1.14 bits per heavy atom. The van der Waals surface area contributed by atoms with Gasteiger partial charge in [0.25, 0.3) is 0 Å². The summed E-state index contributed by atoms with van der Waals surface area (Å²) >= 11 is 0. The van der Waals surface area contributed by atoms with E-state index in [0.29, 0.717) is 0 Å². The SMILES string of the molecule is CN=C(NCCc1cn2cccc(C)c2n1)NCC1(c2ccccc2)CC1.I. The summed E-state index contributed by atoms with van der Waals surface area (Å²) in [5.74, 6) is 0.858. The smallest absolute Gasteiger partial charge is 0.191 e. The van der Waals surface area contributed by atoms with Crippen LogP contribution in [0.2, 0.25) is 0 Å². The minimum Gasteiger partial charge on any atom is -0.356 e. The van der Waals surface area contributed by atoms with Crippen molar-refractivity contribution in [3.8, 4) is 0 Å². The molecule has 6 heteroatoms. The molecule has 5 nitrogen and oxygen atoms in total. The van der Waals surface area contributed by atoms with Crippen LogP contribution in [0.4, 0.5) is 0 Å². The summed E-state index contributed by atoms with van der Waals surface area (Å²) in [6, 6.07) is 14.9. The van der Waals surface area contributed by atoms with Crippen LogP contribution < -0.4 is 10.6 Å². The summed E-state index contributed by atoms with van der Waals surface area (Å²) < 4.78 is 2.09. The maximum Gasteiger partial charge on any atom is 0.191 e. The molecule has 1 aliphatic carbocycles. The van der Waals surface area contributed by atoms with E-state index < -0.39 is 0 Å². The molecule has 3 aromatic rings. The van der Waals surface area contributed by atoms with Gasteiger partial charge in [-0.1, -0.05) is 36.4 Å². The lowest BCUT2D eigenvalue weighted by atomic mass is 9.96. The van der Waals surface area contributed by atoms with Crippen LogP contribution in [0.5, 0.6) is 0 Å². The van der Waals surface area contributed by atoms with Crippen molar-refractivity contribution >= 4 is 35.6 Å². The minimum absolute atomic E-state index is 0. The molecular formula is C22H28IN5. The highest BCUT2D eigenvalue weighted by Gasteiger charge is 2.43. The van der Waals surface area contributed by atoms with Crippen LogP contribution in [-0.2, 0) is 11.8 Å². The number of halogens is 1. The fraction of sp³-hybridized carbons (Fsp3) is 0.364. The first kappa shape index (κ1) is 20.6. The average molecular weight is 489 g/mol. The second kappa shape index (κ2) is 8.94. The summed E-state index contributed by atoms with van der Waals surface area (Å²) in [7, 11) is 1.83. The molecule has 0 radical (unpaired) electrons. The summed E-state index contributed by atoms with van der Waals surface area (Å²) in [6.45, 7) is 3.82. The number of aliphatic imine (C=N–C) groups is 1. The van der Waals surface area contributed by atoms with E-state index in [-0.39, 0.29) is 29.4 Å². The Hall–Kier alpha value is -2.09. The van der Waals surface area contributed by atoms with E-state index in [4.69, 9.17) is 4.98 Å². The van der Waals surface area contributed by atoms with Crippen LogP contribution in [0, 0.1) is 6.92 Å². The van der Waals surface area contributed by atoms with Crippen molar-refractivity contribution in [1.29, 1.82) is 0 Å². The average Bonchev–Trinajstić information content (AvgIpc) is 3.37. The maximum atomic E-state index is 4.73. The third-order valence-corrected chi connectivity index (χ3v) is 5.46. The molecule has 1 fully saturated rings. The molecule has 28 heavy (non-hydrogen) atoms. The number of pyridine rings is 1. The van der Waals surface area contributed by atoms with Crippen LogP contribution in [0.3, 0.4) is 0 Å². The molecule has 0 spiro atoms. The van der Waals surface area contributed by atoms with Crippen LogP contribution in [-0.4, -0.2) is 35.5 Å². The van der Waals surface area contributed by atoms with Gasteiger partial charge in [-0.05, 0) is 37.0 Å². The zero-order valence-corrected chi connectivity index (χ0v) is 18.8. The second-order valence-electron chi connectivity index (χ2n) is 7.40. The van der Waals surface area contributed by atoms with Crippen LogP contribution in [0.15, 0.2) is 59.9 Å². The molecule has 1 aromatic carbocycles. The topological polar surface area (TPSA) is 53.7 Å². The molecule has 2 heterocycles. The summed E-state index contributed by atoms with van der Waals surface area (Å²) in [5.41, 5.74) is 5.03. The van der Waals surface area contributed by atoms with Gasteiger partial charge in [0.05, 0.1) is 5.69 Å². The van der Waals surface area contributed by atoms with Gasteiger partial charge in [-0.25, -0.2) is 4.98 Å². The van der Waals surface area contributed by atoms with Gasteiger partial charge < -0.3 is 15.0 Å². The number of nitrogens with zero attached hydrogens (tertiary/aromatic N) is 3. The molecular weight excluding hydrogens is 461 g/mol. The number of hydrogen-bond donors (Lipinski definition) is 2. The second-order valence-corrected chi connectivity index (χ2v) is 7.40. The van der Waals surface area contributed by atoms with Gasteiger partial charge in [0, 0.05) is 44.4 Å². The lowest BCUT2D eigenvalue weighted by molar-refractivity contribution is 0.645. The zero-order chi connectivity index (χ0) is 18.7. The summed E-state index contributed by atoms with van der Waals surface area (Å²) in [4.78, 5) is 9.10. The third kappa shape index (κ3) is 4.48. The van der Waals surface area contributed by atoms with E-state index >= 15 is 0 Å². The van der Waals surface area contributed by atoms with Crippen molar-refractivity contribution in [3.05, 3.63) is 71.7 Å². The monoisotopic (exact) mass is 489 g/mol. The standard InChI is InChI=1S/C22H27N5.HI/c1-17-7-6-14-27-15-19(26-20(17)27)10-13-24-21(23-2)25-16-22(11-12-22)18-8-4-3-5-9-18;/h3-9,14-15H,10-13,16H2,1-2H3,(H2,23,24,25);1H. The molecule has 148 valence electrons. The van der Waals surface area contributed by atoms with Gasteiger partial charge in [0.15, 0.2) is 5.96 Å². The Balaban J connectivity index is 0.00000225. The maximum absolute atomic E-state index is 4.73. The van der Waals surface area contributed by atoms with E-state index in [1.54, 1.807) is 0 Å². The highest BCUT2D eigenvalue weighted by Crippen LogP contribution is 2.47. The molecule has 0 atom stereocenters. The molecule has 0 bridgehead atoms. The Morgan fingerprint density at radius 3 is 2.61 bits per heavy atom. The van der Waals surface area contributed by atoms with Gasteiger partial charge in [-0.3, -0.25) is 4.99 Å². The predicted molar refractivity (Wildman–Crippen MR) is 126 cm³/mol. The Kier molecular flexibility index (Phi) is 6.59. The highest BCUT2D eigenvalue weighted by molar-refractivity contribution is 14.0. The fourth-order valence-electron chi connectivity index (χ4n) is 3.62. The third-order valence-electron chi connectivity index (χ3n) is 5.46. The van der Waals surface area contributed by atoms with Crippen molar-refractivity contribution in [2.75, 3.05) is 20.1 Å². The molecule has 0 amide bonds. The van der Waals surface area contributed by atoms with Crippen LogP contribution in [0.25, 0.3) is 5.65 Å². The first-order valence-corrected chi connectivity index (χ1v) is 9.63. The number of aryl methyl sites for hydroxylation is 1. The fourth-order valence-corrected chi connectivity index (χ4v) is 3.62. The van der Waals surface area contributed by atoms with E-state index in [0.717, 1.165) is 36.8 Å². The minimum atomic E-state index is 0. The highest BCUT2D eigenvalue weighted by atomic mass is 127. The van der Waals surface area contributed by atoms with Gasteiger partial charge in [-0.2, -0.15) is 0 Å². The number of hydrogen-bond acceptors (Lipinski definition) is 2. The van der Waals surface area contributed by atoms with Crippen molar-refractivity contribution in [2.24, 2.45) is 4.99 Å². The van der Waals surface area contributed by atoms with Crippen molar-refractivity contribution < 1.29 is 0 Å². The van der Waals surface area contributed by atoms with Gasteiger partial charge in [-0.15, -0.1) is 24.0 Å². The molecule has 1 saturated carbocycles. The quantitative estimate of drug-likeness (QED) is 0.316. The number of nitrogens with one attached hydrogen (secondary N) is 2. The molecule has 2 N–H and O–H groups in total. The normalized spacial score (nSPS) is 15.1. The van der Waals surface area contributed by atoms with Crippen LogP contribution in [0.1, 0.15) is 29.7 Å². The molecule has 0 unspecified atom stereocenters.